The van der Waals surface area contributed by atoms with E-state index < -0.39 is 10.0 Å². The van der Waals surface area contributed by atoms with Gasteiger partial charge in [0.15, 0.2) is 0 Å². The monoisotopic (exact) mass is 295 g/mol. The molecule has 0 unspecified atom stereocenters. The average molecular weight is 296 g/mol. The van der Waals surface area contributed by atoms with Crippen LogP contribution >= 0.6 is 11.6 Å². The average Bonchev–Trinajstić information content (AvgIpc) is 2.64. The maximum atomic E-state index is 12.3. The highest BCUT2D eigenvalue weighted by Crippen LogP contribution is 2.20. The number of rotatable bonds is 7. The molecule has 0 fully saturated rings. The van der Waals surface area contributed by atoms with Crippen molar-refractivity contribution in [1.29, 1.82) is 0 Å². The van der Waals surface area contributed by atoms with E-state index in [1.54, 1.807) is 13.8 Å². The Morgan fingerprint density at radius 3 is 2.56 bits per heavy atom. The molecule has 18 heavy (non-hydrogen) atoms. The van der Waals surface area contributed by atoms with E-state index in [9.17, 15) is 8.42 Å². The van der Waals surface area contributed by atoms with Crippen molar-refractivity contribution < 1.29 is 13.2 Å². The predicted molar refractivity (Wildman–Crippen MR) is 69.4 cm³/mol. The van der Waals surface area contributed by atoms with Gasteiger partial charge in [-0.05, 0) is 13.8 Å². The molecule has 0 aromatic carbocycles. The smallest absolute Gasteiger partial charge is 0.246 e. The molecule has 1 N–H and O–H groups in total. The molecule has 0 spiro atoms. The third-order valence-electron chi connectivity index (χ3n) is 2.50. The number of hydrogen-bond acceptors (Lipinski definition) is 4. The van der Waals surface area contributed by atoms with Gasteiger partial charge < -0.3 is 4.74 Å². The molecule has 1 aromatic heterocycles. The lowest BCUT2D eigenvalue weighted by Gasteiger charge is -2.17. The van der Waals surface area contributed by atoms with Crippen molar-refractivity contribution in [3.8, 4) is 0 Å². The summed E-state index contributed by atoms with van der Waals surface area (Å²) in [6.45, 7) is 4.36. The number of aromatic nitrogens is 2. The first-order valence-electron chi connectivity index (χ1n) is 5.53. The summed E-state index contributed by atoms with van der Waals surface area (Å²) in [7, 11) is -2.00. The van der Waals surface area contributed by atoms with E-state index in [1.807, 2.05) is 0 Å². The molecular weight excluding hydrogens is 278 g/mol. The quantitative estimate of drug-likeness (QED) is 0.599. The first-order valence-corrected chi connectivity index (χ1v) is 7.50. The van der Waals surface area contributed by atoms with Crippen molar-refractivity contribution in [2.24, 2.45) is 0 Å². The lowest BCUT2D eigenvalue weighted by Crippen LogP contribution is -2.31. The summed E-state index contributed by atoms with van der Waals surface area (Å²) in [4.78, 5) is 0.238. The van der Waals surface area contributed by atoms with Crippen molar-refractivity contribution in [2.75, 3.05) is 32.7 Å². The minimum Gasteiger partial charge on any atom is -0.379 e. The molecule has 0 amide bonds. The lowest BCUT2D eigenvalue weighted by molar-refractivity contribution is 0.140. The minimum atomic E-state index is -3.52. The van der Waals surface area contributed by atoms with Crippen molar-refractivity contribution in [3.05, 3.63) is 11.4 Å². The van der Waals surface area contributed by atoms with Crippen molar-refractivity contribution in [1.82, 2.24) is 14.5 Å². The van der Waals surface area contributed by atoms with Gasteiger partial charge in [0, 0.05) is 19.5 Å². The SMILES string of the molecule is Cc1n[nH]c(C)c1S(=O)(=O)N(C)CCOCCCl. The standard InChI is InChI=1S/C10H18ClN3O3S/c1-8-10(9(2)13-12-8)18(15,16)14(3)5-7-17-6-4-11/h4-7H2,1-3H3,(H,12,13). The van der Waals surface area contributed by atoms with Crippen molar-refractivity contribution >= 4 is 21.6 Å². The molecule has 0 saturated heterocycles. The van der Waals surface area contributed by atoms with Gasteiger partial charge in [0.2, 0.25) is 10.0 Å². The van der Waals surface area contributed by atoms with Gasteiger partial charge in [0.1, 0.15) is 4.90 Å². The number of aromatic amines is 1. The van der Waals surface area contributed by atoms with Crippen molar-refractivity contribution in [3.63, 3.8) is 0 Å². The number of nitrogens with one attached hydrogen (secondary N) is 1. The van der Waals surface area contributed by atoms with E-state index in [1.165, 1.54) is 11.4 Å². The number of H-pyrrole nitrogens is 1. The Morgan fingerprint density at radius 1 is 1.39 bits per heavy atom. The van der Waals surface area contributed by atoms with Gasteiger partial charge in [-0.1, -0.05) is 0 Å². The Hall–Kier alpha value is -0.630. The van der Waals surface area contributed by atoms with E-state index in [-0.39, 0.29) is 11.4 Å². The molecule has 0 saturated carbocycles. The number of alkyl halides is 1. The molecule has 1 rings (SSSR count). The second-order valence-corrected chi connectivity index (χ2v) is 6.25. The zero-order chi connectivity index (χ0) is 13.8. The number of aryl methyl sites for hydroxylation is 2. The number of ether oxygens (including phenoxy) is 1. The van der Waals surface area contributed by atoms with Crippen LogP contribution in [0.1, 0.15) is 11.4 Å². The summed E-state index contributed by atoms with van der Waals surface area (Å²) in [5.74, 6) is 0.399. The summed E-state index contributed by atoms with van der Waals surface area (Å²) >= 11 is 5.46. The van der Waals surface area contributed by atoms with Gasteiger partial charge in [-0.15, -0.1) is 11.6 Å². The number of halogens is 1. The zero-order valence-electron chi connectivity index (χ0n) is 10.7. The van der Waals surface area contributed by atoms with Crippen LogP contribution in [0.2, 0.25) is 0 Å². The Kier molecular flexibility index (Phi) is 5.58. The molecule has 1 aromatic rings. The molecule has 0 aliphatic rings. The van der Waals surface area contributed by atoms with Gasteiger partial charge in [-0.25, -0.2) is 8.42 Å². The fraction of sp³-hybridized carbons (Fsp3) is 0.700. The molecule has 0 radical (unpaired) electrons. The van der Waals surface area contributed by atoms with E-state index in [0.29, 0.717) is 30.5 Å². The third kappa shape index (κ3) is 3.44. The van der Waals surface area contributed by atoms with Gasteiger partial charge in [0.05, 0.1) is 24.6 Å². The van der Waals surface area contributed by atoms with Gasteiger partial charge in [-0.3, -0.25) is 5.10 Å². The molecule has 0 atom stereocenters. The number of likely N-dealkylation sites (N-methyl/N-ethyl adjacent to an activating group) is 1. The number of hydrogen-bond donors (Lipinski definition) is 1. The predicted octanol–water partition coefficient (Wildman–Crippen LogP) is 0.902. The fourth-order valence-electron chi connectivity index (χ4n) is 1.55. The van der Waals surface area contributed by atoms with E-state index in [2.05, 4.69) is 10.2 Å². The highest BCUT2D eigenvalue weighted by molar-refractivity contribution is 7.89. The summed E-state index contributed by atoms with van der Waals surface area (Å²) in [6, 6.07) is 0. The topological polar surface area (TPSA) is 75.3 Å². The molecule has 8 heteroatoms. The molecule has 104 valence electrons. The molecule has 6 nitrogen and oxygen atoms in total. The van der Waals surface area contributed by atoms with E-state index in [0.717, 1.165) is 0 Å². The van der Waals surface area contributed by atoms with Crippen LogP contribution in [0.5, 0.6) is 0 Å². The third-order valence-corrected chi connectivity index (χ3v) is 4.78. The van der Waals surface area contributed by atoms with Gasteiger partial charge >= 0.3 is 0 Å². The molecule has 1 heterocycles. The van der Waals surface area contributed by atoms with Crippen LogP contribution in [0.25, 0.3) is 0 Å². The van der Waals surface area contributed by atoms with Crippen LogP contribution in [-0.4, -0.2) is 55.6 Å². The van der Waals surface area contributed by atoms with Gasteiger partial charge in [0.25, 0.3) is 0 Å². The van der Waals surface area contributed by atoms with E-state index >= 15 is 0 Å². The summed E-state index contributed by atoms with van der Waals surface area (Å²) in [6.07, 6.45) is 0. The molecular formula is C10H18ClN3O3S. The van der Waals surface area contributed by atoms with Crippen LogP contribution in [-0.2, 0) is 14.8 Å². The zero-order valence-corrected chi connectivity index (χ0v) is 12.3. The van der Waals surface area contributed by atoms with Crippen LogP contribution in [0.3, 0.4) is 0 Å². The maximum Gasteiger partial charge on any atom is 0.246 e. The molecule has 0 bridgehead atoms. The molecule has 0 aliphatic carbocycles. The Balaban J connectivity index is 2.75. The summed E-state index contributed by atoms with van der Waals surface area (Å²) in [5.41, 5.74) is 1.02. The van der Waals surface area contributed by atoms with Crippen molar-refractivity contribution in [2.45, 2.75) is 18.7 Å². The first-order chi connectivity index (χ1) is 8.41. The maximum absolute atomic E-state index is 12.3. The number of sulfonamides is 1. The minimum absolute atomic E-state index is 0.238. The second-order valence-electron chi connectivity index (χ2n) is 3.89. The fourth-order valence-corrected chi connectivity index (χ4v) is 3.13. The van der Waals surface area contributed by atoms with E-state index in [4.69, 9.17) is 16.3 Å². The van der Waals surface area contributed by atoms with Crippen LogP contribution in [0, 0.1) is 13.8 Å². The highest BCUT2D eigenvalue weighted by atomic mass is 35.5. The summed E-state index contributed by atoms with van der Waals surface area (Å²) < 4.78 is 31.0. The Labute approximate surface area is 112 Å². The second kappa shape index (κ2) is 6.51. The first kappa shape index (κ1) is 15.4. The highest BCUT2D eigenvalue weighted by Gasteiger charge is 2.26. The largest absolute Gasteiger partial charge is 0.379 e. The van der Waals surface area contributed by atoms with Crippen LogP contribution in [0.15, 0.2) is 4.90 Å². The molecule has 0 aliphatic heterocycles. The van der Waals surface area contributed by atoms with Crippen LogP contribution < -0.4 is 0 Å². The van der Waals surface area contributed by atoms with Gasteiger partial charge in [-0.2, -0.15) is 9.40 Å². The number of nitrogens with zero attached hydrogens (tertiary/aromatic N) is 2. The van der Waals surface area contributed by atoms with Crippen LogP contribution in [0.4, 0.5) is 0 Å². The Bertz CT molecular complexity index is 467. The normalized spacial score (nSPS) is 12.3. The Morgan fingerprint density at radius 2 is 2.06 bits per heavy atom. The lowest BCUT2D eigenvalue weighted by atomic mass is 10.4. The summed E-state index contributed by atoms with van der Waals surface area (Å²) in [5, 5.41) is 6.56.